The van der Waals surface area contributed by atoms with Crippen molar-refractivity contribution >= 4 is 56.1 Å². The van der Waals surface area contributed by atoms with E-state index < -0.39 is 5.90 Å². The van der Waals surface area contributed by atoms with Gasteiger partial charge in [-0.25, -0.2) is 9.98 Å². The second-order valence-corrected chi connectivity index (χ2v) is 9.76. The summed E-state index contributed by atoms with van der Waals surface area (Å²) in [4.78, 5) is 23.9. The van der Waals surface area contributed by atoms with Gasteiger partial charge < -0.3 is 10.8 Å². The van der Waals surface area contributed by atoms with Crippen LogP contribution < -0.4 is 15.5 Å². The molecule has 0 aliphatic rings. The number of aryl methyl sites for hydroxylation is 2. The summed E-state index contributed by atoms with van der Waals surface area (Å²) in [6, 6.07) is 4.03. The molecule has 4 heterocycles. The highest BCUT2D eigenvalue weighted by atomic mass is 32.1. The molecule has 4 rings (SSSR count). The summed E-state index contributed by atoms with van der Waals surface area (Å²) < 4.78 is 6.70. The highest BCUT2D eigenvalue weighted by molar-refractivity contribution is 7.21. The summed E-state index contributed by atoms with van der Waals surface area (Å²) in [6.45, 7) is 9.18. The number of aliphatic imine (C=N–C) groups is 1. The van der Waals surface area contributed by atoms with Gasteiger partial charge in [0, 0.05) is 32.2 Å². The number of nitrogens with zero attached hydrogens (tertiary/aromatic N) is 4. The van der Waals surface area contributed by atoms with E-state index in [4.69, 9.17) is 10.3 Å². The van der Waals surface area contributed by atoms with Gasteiger partial charge in [0.15, 0.2) is 11.8 Å². The highest BCUT2D eigenvalue weighted by Crippen LogP contribution is 2.44. The van der Waals surface area contributed by atoms with Gasteiger partial charge in [-0.05, 0) is 51.4 Å². The molecule has 10 heteroatoms. The van der Waals surface area contributed by atoms with Gasteiger partial charge in [-0.15, -0.1) is 22.7 Å². The Morgan fingerprint density at radius 1 is 1.29 bits per heavy atom. The second-order valence-electron chi connectivity index (χ2n) is 7.47. The maximum atomic E-state index is 12.9. The average molecular weight is 456 g/mol. The zero-order chi connectivity index (χ0) is 22.4. The predicted molar refractivity (Wildman–Crippen MR) is 120 cm³/mol. The highest BCUT2D eigenvalue weighted by Gasteiger charge is 2.24. The van der Waals surface area contributed by atoms with Crippen molar-refractivity contribution in [3.05, 3.63) is 39.3 Å². The van der Waals surface area contributed by atoms with Gasteiger partial charge in [-0.1, -0.05) is 0 Å². The van der Waals surface area contributed by atoms with Crippen LogP contribution in [-0.4, -0.2) is 21.9 Å². The Morgan fingerprint density at radius 3 is 2.61 bits per heavy atom. The first-order valence-electron chi connectivity index (χ1n) is 9.62. The zero-order valence-electron chi connectivity index (χ0n) is 17.7. The van der Waals surface area contributed by atoms with E-state index in [-0.39, 0.29) is 28.3 Å². The number of ketones is 1. The van der Waals surface area contributed by atoms with Crippen LogP contribution in [0.15, 0.2) is 27.8 Å². The van der Waals surface area contributed by atoms with Gasteiger partial charge in [0.1, 0.15) is 4.83 Å². The maximum Gasteiger partial charge on any atom is 0.320 e. The largest absolute Gasteiger partial charge is 0.857 e. The lowest BCUT2D eigenvalue weighted by Gasteiger charge is -2.11. The van der Waals surface area contributed by atoms with Crippen LogP contribution in [0.4, 0.5) is 11.6 Å². The number of nitrogen functional groups attached to an aromatic ring is 1. The summed E-state index contributed by atoms with van der Waals surface area (Å²) >= 11 is 2.72. The first kappa shape index (κ1) is 21.1. The number of hydrogen-bond acceptors (Lipinski definition) is 9. The topological polar surface area (TPSA) is 121 Å². The molecule has 0 saturated carbocycles. The number of pyridine rings is 1. The molecule has 0 bridgehead atoms. The molecule has 0 fully saturated rings. The van der Waals surface area contributed by atoms with Gasteiger partial charge in [0.25, 0.3) is 6.20 Å². The number of rotatable bonds is 5. The minimum Gasteiger partial charge on any atom is -0.857 e. The molecule has 2 N–H and O–H groups in total. The molecule has 0 aromatic carbocycles. The van der Waals surface area contributed by atoms with Crippen molar-refractivity contribution in [2.24, 2.45) is 4.99 Å². The minimum atomic E-state index is -0.539. The predicted octanol–water partition coefficient (Wildman–Crippen LogP) is 3.72. The van der Waals surface area contributed by atoms with Gasteiger partial charge in [-0.3, -0.25) is 9.32 Å². The van der Waals surface area contributed by atoms with Crippen molar-refractivity contribution in [3.8, 4) is 10.4 Å². The van der Waals surface area contributed by atoms with Gasteiger partial charge >= 0.3 is 5.88 Å². The summed E-state index contributed by atoms with van der Waals surface area (Å²) in [5.74, 6) is -0.544. The minimum absolute atomic E-state index is 0.0752. The number of hydrogen-bond donors (Lipinski definition) is 1. The Balaban J connectivity index is 1.94. The van der Waals surface area contributed by atoms with Crippen LogP contribution >= 0.6 is 22.7 Å². The van der Waals surface area contributed by atoms with E-state index in [1.807, 2.05) is 32.9 Å². The van der Waals surface area contributed by atoms with E-state index in [1.54, 1.807) is 29.1 Å². The van der Waals surface area contributed by atoms with E-state index in [0.29, 0.717) is 21.5 Å². The Labute approximate surface area is 186 Å². The Morgan fingerprint density at radius 2 is 2.03 bits per heavy atom. The molecule has 160 valence electrons. The Kier molecular flexibility index (Phi) is 5.36. The number of aromatic nitrogens is 3. The maximum absolute atomic E-state index is 12.9. The third-order valence-corrected chi connectivity index (χ3v) is 6.91. The SMILES string of the molecule is CC(=O)c1c(C)nc2sc(/C([O-])=N/c3c[n+](C(C)C)no3)c(N)c2c1-c1ccc(C)s1. The standard InChI is InChI=1S/C21H21N5O3S2/c1-9(2)26-8-14(29-25-26)24-20(28)19-18(22)17-16(13-7-6-10(3)30-13)15(12(5)27)11(4)23-21(17)31-19/h6-9H,1-5H3,(H2-,22,24,25,28). The van der Waals surface area contributed by atoms with Crippen molar-refractivity contribution in [1.29, 1.82) is 0 Å². The first-order valence-corrected chi connectivity index (χ1v) is 11.2. The van der Waals surface area contributed by atoms with Crippen LogP contribution in [0.5, 0.6) is 0 Å². The van der Waals surface area contributed by atoms with Crippen LogP contribution in [0.2, 0.25) is 0 Å². The number of carbonyl (C=O) groups excluding carboxylic acids is 1. The fraction of sp³-hybridized carbons (Fsp3) is 0.286. The monoisotopic (exact) mass is 455 g/mol. The third kappa shape index (κ3) is 3.72. The smallest absolute Gasteiger partial charge is 0.320 e. The molecule has 0 aliphatic heterocycles. The third-order valence-electron chi connectivity index (χ3n) is 4.80. The van der Waals surface area contributed by atoms with Crippen molar-refractivity contribution in [3.63, 3.8) is 0 Å². The van der Waals surface area contributed by atoms with E-state index >= 15 is 0 Å². The summed E-state index contributed by atoms with van der Waals surface area (Å²) in [5.41, 5.74) is 8.55. The van der Waals surface area contributed by atoms with E-state index in [1.165, 1.54) is 6.92 Å². The lowest BCUT2D eigenvalue weighted by Crippen LogP contribution is -2.36. The van der Waals surface area contributed by atoms with E-state index in [0.717, 1.165) is 26.7 Å². The lowest BCUT2D eigenvalue weighted by molar-refractivity contribution is -0.779. The van der Waals surface area contributed by atoms with Crippen LogP contribution in [-0.2, 0) is 0 Å². The molecule has 8 nitrogen and oxygen atoms in total. The summed E-state index contributed by atoms with van der Waals surface area (Å²) in [6.07, 6.45) is 1.56. The number of nitrogens with two attached hydrogens (primary N) is 1. The fourth-order valence-electron chi connectivity index (χ4n) is 3.36. The van der Waals surface area contributed by atoms with E-state index in [2.05, 4.69) is 15.2 Å². The van der Waals surface area contributed by atoms with Crippen molar-refractivity contribution < 1.29 is 19.1 Å². The molecule has 0 unspecified atom stereocenters. The normalized spacial score (nSPS) is 12.3. The molecular weight excluding hydrogens is 434 g/mol. The second kappa shape index (κ2) is 7.86. The average Bonchev–Trinajstić information content (AvgIpc) is 3.40. The molecule has 0 atom stereocenters. The van der Waals surface area contributed by atoms with Crippen LogP contribution in [0.3, 0.4) is 0 Å². The zero-order valence-corrected chi connectivity index (χ0v) is 19.3. The number of carbonyl (C=O) groups is 1. The van der Waals surface area contributed by atoms with Gasteiger partial charge in [-0.2, -0.15) is 0 Å². The molecule has 4 aromatic rings. The molecule has 31 heavy (non-hydrogen) atoms. The number of thiophene rings is 2. The molecule has 0 spiro atoms. The first-order chi connectivity index (χ1) is 14.7. The molecule has 0 saturated heterocycles. The summed E-state index contributed by atoms with van der Waals surface area (Å²) in [5, 5.41) is 17.4. The Bertz CT molecular complexity index is 1350. The Hall–Kier alpha value is -3.11. The van der Waals surface area contributed by atoms with Crippen LogP contribution in [0.1, 0.15) is 52.6 Å². The fourth-order valence-corrected chi connectivity index (χ4v) is 5.32. The molecule has 0 aliphatic carbocycles. The van der Waals surface area contributed by atoms with E-state index in [9.17, 15) is 9.90 Å². The van der Waals surface area contributed by atoms with Gasteiger partial charge in [0.2, 0.25) is 5.27 Å². The summed E-state index contributed by atoms with van der Waals surface area (Å²) in [7, 11) is 0. The molecule has 4 aromatic heterocycles. The van der Waals surface area contributed by atoms with Crippen molar-refractivity contribution in [1.82, 2.24) is 10.3 Å². The number of Topliss-reactive ketones (excluding diaryl/α,β-unsaturated/α-hetero) is 1. The lowest BCUT2D eigenvalue weighted by atomic mass is 9.98. The van der Waals surface area contributed by atoms with Crippen molar-refractivity contribution in [2.75, 3.05) is 5.73 Å². The number of anilines is 1. The van der Waals surface area contributed by atoms with Crippen LogP contribution in [0, 0.1) is 13.8 Å². The van der Waals surface area contributed by atoms with Crippen molar-refractivity contribution in [2.45, 2.75) is 40.7 Å². The molecular formula is C21H21N5O3S2. The molecule has 0 amide bonds. The van der Waals surface area contributed by atoms with Gasteiger partial charge in [0.05, 0.1) is 16.3 Å². The quantitative estimate of drug-likeness (QED) is 0.212. The van der Waals surface area contributed by atoms with Crippen LogP contribution in [0.25, 0.3) is 20.7 Å². The molecule has 0 radical (unpaired) electrons. The number of fused-ring (bicyclic) bond motifs is 1.